The predicted molar refractivity (Wildman–Crippen MR) is 58.7 cm³/mol. The summed E-state index contributed by atoms with van der Waals surface area (Å²) >= 11 is 0. The largest absolute Gasteiger partial charge is 0.310 e. The molecule has 76 valence electrons. The lowest BCUT2D eigenvalue weighted by Crippen LogP contribution is -2.30. The predicted octanol–water partition coefficient (Wildman–Crippen LogP) is 2.04. The summed E-state index contributed by atoms with van der Waals surface area (Å²) in [5.74, 6) is -0.205. The highest BCUT2D eigenvalue weighted by molar-refractivity contribution is 5.99. The summed E-state index contributed by atoms with van der Waals surface area (Å²) in [5, 5.41) is 2.30. The Morgan fingerprint density at radius 2 is 2.14 bits per heavy atom. The van der Waals surface area contributed by atoms with Gasteiger partial charge < -0.3 is 5.32 Å². The number of benzene rings is 1. The summed E-state index contributed by atoms with van der Waals surface area (Å²) in [7, 11) is 0. The molecule has 0 spiro atoms. The number of carbonyl (C=O) groups is 1. The number of Topliss-reactive ketones (excluding diaryl/α,β-unsaturated/α-hetero) is 1. The molecule has 2 heteroatoms. The molecule has 0 saturated heterocycles. The van der Waals surface area contributed by atoms with Gasteiger partial charge in [0.1, 0.15) is 0 Å². The van der Waals surface area contributed by atoms with E-state index in [4.69, 9.17) is 4.11 Å². The molecule has 1 N–H and O–H groups in total. The van der Waals surface area contributed by atoms with Gasteiger partial charge in [-0.1, -0.05) is 31.2 Å². The molecule has 0 aliphatic rings. The van der Waals surface area contributed by atoms with Crippen LogP contribution < -0.4 is 5.32 Å². The van der Waals surface area contributed by atoms with E-state index in [1.807, 2.05) is 19.1 Å². The molecule has 0 aliphatic carbocycles. The Morgan fingerprint density at radius 1 is 1.50 bits per heavy atom. The molecule has 0 aliphatic heterocycles. The zero-order valence-corrected chi connectivity index (χ0v) is 8.50. The van der Waals surface area contributed by atoms with Gasteiger partial charge in [0.2, 0.25) is 0 Å². The maximum atomic E-state index is 11.9. The fourth-order valence-corrected chi connectivity index (χ4v) is 1.22. The Morgan fingerprint density at radius 3 is 2.64 bits per heavy atom. The molecule has 1 aromatic rings. The second-order valence-electron chi connectivity index (χ2n) is 3.28. The van der Waals surface area contributed by atoms with Gasteiger partial charge >= 0.3 is 0 Å². The lowest BCUT2D eigenvalue weighted by molar-refractivity contribution is 0.0955. The molecule has 14 heavy (non-hydrogen) atoms. The van der Waals surface area contributed by atoms with Crippen LogP contribution in [0.2, 0.25) is 0 Å². The monoisotopic (exact) mass is 195 g/mol. The number of rotatable bonds is 4. The minimum absolute atomic E-state index is 0.205. The second kappa shape index (κ2) is 4.91. The van der Waals surface area contributed by atoms with Crippen LogP contribution in [-0.2, 0) is 6.42 Å². The van der Waals surface area contributed by atoms with Gasteiger partial charge in [-0.15, -0.1) is 0 Å². The maximum Gasteiger partial charge on any atom is 0.179 e. The van der Waals surface area contributed by atoms with Crippen molar-refractivity contribution in [2.45, 2.75) is 26.3 Å². The molecule has 1 atom stereocenters. The van der Waals surface area contributed by atoms with Crippen molar-refractivity contribution < 1.29 is 8.91 Å². The summed E-state index contributed by atoms with van der Waals surface area (Å²) < 4.78 is 21.2. The van der Waals surface area contributed by atoms with E-state index >= 15 is 0 Å². The van der Waals surface area contributed by atoms with E-state index in [-0.39, 0.29) is 5.78 Å². The standard InChI is InChI=1S/C12H17NO/c1-4-10-5-7-11(8-6-10)12(14)9(2)13-3/h5-9,13H,4H2,1-3H3/i3+1D3. The highest BCUT2D eigenvalue weighted by Crippen LogP contribution is 2.07. The van der Waals surface area contributed by atoms with Crippen molar-refractivity contribution in [3.05, 3.63) is 35.4 Å². The lowest BCUT2D eigenvalue weighted by Gasteiger charge is -2.08. The average Bonchev–Trinajstić information content (AvgIpc) is 2.26. The van der Waals surface area contributed by atoms with Gasteiger partial charge in [-0.25, -0.2) is 0 Å². The van der Waals surface area contributed by atoms with Crippen LogP contribution in [-0.4, -0.2) is 18.8 Å². The number of likely N-dealkylation sites (N-methyl/N-ethyl adjacent to an activating group) is 1. The first kappa shape index (κ1) is 7.18. The number of carbonyl (C=O) groups excluding carboxylic acids is 1. The van der Waals surface area contributed by atoms with E-state index < -0.39 is 13.0 Å². The van der Waals surface area contributed by atoms with Crippen molar-refractivity contribution in [1.29, 1.82) is 0 Å². The van der Waals surface area contributed by atoms with Gasteiger partial charge in [0.15, 0.2) is 5.78 Å². The number of nitrogens with one attached hydrogen (secondary N) is 1. The molecule has 1 aromatic carbocycles. The molecule has 0 amide bonds. The van der Waals surface area contributed by atoms with Gasteiger partial charge in [-0.3, -0.25) is 4.79 Å². The Labute approximate surface area is 89.5 Å². The van der Waals surface area contributed by atoms with Crippen molar-refractivity contribution in [1.82, 2.24) is 5.32 Å². The molecule has 1 rings (SSSR count). The number of ketones is 1. The number of aryl methyl sites for hydroxylation is 1. The van der Waals surface area contributed by atoms with Crippen LogP contribution >= 0.6 is 0 Å². The highest BCUT2D eigenvalue weighted by Gasteiger charge is 2.12. The quantitative estimate of drug-likeness (QED) is 0.588. The normalized spacial score (nSPS) is 16.6. The van der Waals surface area contributed by atoms with Crippen LogP contribution in [0, 0.1) is 0 Å². The number of hydrogen-bond donors (Lipinski definition) is 1. The van der Waals surface area contributed by atoms with Gasteiger partial charge in [-0.2, -0.15) is 0 Å². The first-order chi connectivity index (χ1) is 7.83. The zero-order valence-electron chi connectivity index (χ0n) is 11.5. The van der Waals surface area contributed by atoms with E-state index in [2.05, 4.69) is 5.32 Å². The third-order valence-corrected chi connectivity index (χ3v) is 2.26. The molecule has 0 heterocycles. The topological polar surface area (TPSA) is 29.1 Å². The van der Waals surface area contributed by atoms with Crippen LogP contribution in [0.15, 0.2) is 24.3 Å². The molecule has 0 fully saturated rings. The van der Waals surface area contributed by atoms with E-state index in [1.54, 1.807) is 19.1 Å². The fourth-order valence-electron chi connectivity index (χ4n) is 1.22. The van der Waals surface area contributed by atoms with Crippen molar-refractivity contribution in [2.75, 3.05) is 6.98 Å². The minimum Gasteiger partial charge on any atom is -0.310 e. The number of hydrogen-bond acceptors (Lipinski definition) is 2. The highest BCUT2D eigenvalue weighted by atomic mass is 16.1. The first-order valence-corrected chi connectivity index (χ1v) is 4.74. The first-order valence-electron chi connectivity index (χ1n) is 6.24. The minimum atomic E-state index is -2.29. The Hall–Kier alpha value is -1.15. The zero-order chi connectivity index (χ0) is 13.1. The van der Waals surface area contributed by atoms with Crippen LogP contribution in [0.5, 0.6) is 0 Å². The maximum absolute atomic E-state index is 11.9. The molecular weight excluding hydrogens is 175 g/mol. The summed E-state index contributed by atoms with van der Waals surface area (Å²) in [6.45, 7) is 1.30. The molecule has 0 saturated carbocycles. The van der Waals surface area contributed by atoms with Crippen LogP contribution in [0.25, 0.3) is 0 Å². The summed E-state index contributed by atoms with van der Waals surface area (Å²) in [6, 6.07) is 6.53. The third kappa shape index (κ3) is 2.42. The third-order valence-electron chi connectivity index (χ3n) is 2.26. The Balaban J connectivity index is 2.75. The second-order valence-corrected chi connectivity index (χ2v) is 3.28. The van der Waals surface area contributed by atoms with Crippen LogP contribution in [0.3, 0.4) is 0 Å². The SMILES string of the molecule is [2H][13C]([2H])([2H])NC(C)C(=O)c1ccc(CC)cc1. The molecule has 0 aromatic heterocycles. The fraction of sp³-hybridized carbons (Fsp3) is 0.417. The van der Waals surface area contributed by atoms with Gasteiger partial charge in [0, 0.05) is 9.68 Å². The Kier molecular flexibility index (Phi) is 2.52. The van der Waals surface area contributed by atoms with E-state index in [1.165, 1.54) is 0 Å². The summed E-state index contributed by atoms with van der Waals surface area (Å²) in [4.78, 5) is 11.9. The summed E-state index contributed by atoms with van der Waals surface area (Å²) in [6.07, 6.45) is 0.914. The smallest absolute Gasteiger partial charge is 0.179 e. The Bertz CT molecular complexity index is 384. The molecule has 0 radical (unpaired) electrons. The van der Waals surface area contributed by atoms with Crippen molar-refractivity contribution in [3.8, 4) is 0 Å². The van der Waals surface area contributed by atoms with Gasteiger partial charge in [0.25, 0.3) is 0 Å². The van der Waals surface area contributed by atoms with E-state index in [9.17, 15) is 4.79 Å². The van der Waals surface area contributed by atoms with Gasteiger partial charge in [0.05, 0.1) is 6.04 Å². The van der Waals surface area contributed by atoms with Crippen LogP contribution in [0.1, 0.15) is 33.9 Å². The average molecular weight is 195 g/mol. The molecule has 0 bridgehead atoms. The molecule has 1 unspecified atom stereocenters. The molecule has 2 nitrogen and oxygen atoms in total. The van der Waals surface area contributed by atoms with E-state index in [0.717, 1.165) is 12.0 Å². The van der Waals surface area contributed by atoms with Crippen molar-refractivity contribution in [3.63, 3.8) is 0 Å². The lowest BCUT2D eigenvalue weighted by atomic mass is 10.0. The van der Waals surface area contributed by atoms with Crippen LogP contribution in [0.4, 0.5) is 0 Å². The van der Waals surface area contributed by atoms with Gasteiger partial charge in [-0.05, 0) is 25.9 Å². The molecular formula is C12H17NO. The van der Waals surface area contributed by atoms with E-state index in [0.29, 0.717) is 5.56 Å². The summed E-state index contributed by atoms with van der Waals surface area (Å²) in [5.41, 5.74) is 1.68. The van der Waals surface area contributed by atoms with Crippen molar-refractivity contribution in [2.24, 2.45) is 0 Å². The van der Waals surface area contributed by atoms with Crippen molar-refractivity contribution >= 4 is 5.78 Å².